The van der Waals surface area contributed by atoms with Crippen LogP contribution in [0.15, 0.2) is 60.3 Å². The first-order chi connectivity index (χ1) is 12.6. The third-order valence-electron chi connectivity index (χ3n) is 4.45. The van der Waals surface area contributed by atoms with E-state index in [1.54, 1.807) is 25.1 Å². The zero-order chi connectivity index (χ0) is 18.7. The smallest absolute Gasteiger partial charge is 0.278 e. The number of rotatable bonds is 6. The van der Waals surface area contributed by atoms with E-state index in [1.165, 1.54) is 4.90 Å². The molecule has 5 heteroatoms. The highest BCUT2D eigenvalue weighted by Crippen LogP contribution is 2.37. The summed E-state index contributed by atoms with van der Waals surface area (Å²) in [4.78, 5) is 29.2. The Kier molecular flexibility index (Phi) is 5.07. The van der Waals surface area contributed by atoms with Gasteiger partial charge in [-0.25, -0.2) is 0 Å². The van der Waals surface area contributed by atoms with Crippen LogP contribution < -0.4 is 9.64 Å². The Morgan fingerprint density at radius 2 is 1.62 bits per heavy atom. The van der Waals surface area contributed by atoms with Gasteiger partial charge in [0.2, 0.25) is 0 Å². The Bertz CT molecular complexity index is 859. The van der Waals surface area contributed by atoms with Crippen LogP contribution in [0.3, 0.4) is 0 Å². The minimum Gasteiger partial charge on any atom is -0.496 e. The van der Waals surface area contributed by atoms with Gasteiger partial charge in [0, 0.05) is 24.8 Å². The molecule has 2 amide bonds. The maximum absolute atomic E-state index is 13.1. The second-order valence-electron chi connectivity index (χ2n) is 6.08. The number of likely N-dealkylation sites (N-methyl/N-ethyl adjacent to an activating group) is 1. The molecule has 1 heterocycles. The topological polar surface area (TPSA) is 49.9 Å². The molecule has 0 aromatic heterocycles. The van der Waals surface area contributed by atoms with E-state index in [9.17, 15) is 9.59 Å². The summed E-state index contributed by atoms with van der Waals surface area (Å²) in [7, 11) is 3.37. The number of hydrogen-bond acceptors (Lipinski definition) is 4. The van der Waals surface area contributed by atoms with E-state index in [-0.39, 0.29) is 11.8 Å². The van der Waals surface area contributed by atoms with Gasteiger partial charge in [0.1, 0.15) is 11.4 Å². The SMILES string of the molecule is CCCN1C(=O)C(c2ccccc2OC)=C(N(C)c2ccccc2)C1=O. The number of nitrogens with zero attached hydrogens (tertiary/aromatic N) is 2. The van der Waals surface area contributed by atoms with E-state index in [1.807, 2.05) is 55.5 Å². The van der Waals surface area contributed by atoms with Gasteiger partial charge in [0.25, 0.3) is 11.8 Å². The highest BCUT2D eigenvalue weighted by molar-refractivity contribution is 6.37. The van der Waals surface area contributed by atoms with Crippen molar-refractivity contribution in [3.05, 3.63) is 65.9 Å². The van der Waals surface area contributed by atoms with Crippen LogP contribution in [-0.2, 0) is 9.59 Å². The second kappa shape index (κ2) is 7.44. The summed E-state index contributed by atoms with van der Waals surface area (Å²) in [5, 5.41) is 0. The fraction of sp³-hybridized carbons (Fsp3) is 0.238. The van der Waals surface area contributed by atoms with Crippen LogP contribution in [0.2, 0.25) is 0 Å². The van der Waals surface area contributed by atoms with E-state index in [4.69, 9.17) is 4.74 Å². The second-order valence-corrected chi connectivity index (χ2v) is 6.08. The molecule has 0 atom stereocenters. The Labute approximate surface area is 153 Å². The molecule has 0 N–H and O–H groups in total. The molecule has 0 spiro atoms. The average molecular weight is 350 g/mol. The van der Waals surface area contributed by atoms with Gasteiger partial charge in [-0.3, -0.25) is 14.5 Å². The largest absolute Gasteiger partial charge is 0.496 e. The van der Waals surface area contributed by atoms with Gasteiger partial charge in [0.15, 0.2) is 0 Å². The summed E-state index contributed by atoms with van der Waals surface area (Å²) < 4.78 is 5.44. The normalized spacial score (nSPS) is 14.2. The number of hydrogen-bond donors (Lipinski definition) is 0. The number of para-hydroxylation sites is 2. The molecule has 3 rings (SSSR count). The maximum atomic E-state index is 13.1. The van der Waals surface area contributed by atoms with E-state index in [2.05, 4.69) is 0 Å². The number of ether oxygens (including phenoxy) is 1. The van der Waals surface area contributed by atoms with Crippen LogP contribution in [0.1, 0.15) is 18.9 Å². The van der Waals surface area contributed by atoms with Gasteiger partial charge in [-0.1, -0.05) is 43.3 Å². The number of carbonyl (C=O) groups is 2. The molecule has 2 aromatic carbocycles. The molecular formula is C21H22N2O3. The molecule has 0 fully saturated rings. The van der Waals surface area contributed by atoms with Crippen molar-refractivity contribution in [1.82, 2.24) is 4.90 Å². The maximum Gasteiger partial charge on any atom is 0.278 e. The van der Waals surface area contributed by atoms with Gasteiger partial charge < -0.3 is 9.64 Å². The van der Waals surface area contributed by atoms with Crippen LogP contribution in [0.25, 0.3) is 5.57 Å². The minimum absolute atomic E-state index is 0.274. The monoisotopic (exact) mass is 350 g/mol. The molecule has 5 nitrogen and oxygen atoms in total. The molecule has 2 aromatic rings. The first kappa shape index (κ1) is 17.7. The van der Waals surface area contributed by atoms with Crippen LogP contribution in [0.5, 0.6) is 5.75 Å². The summed E-state index contributed by atoms with van der Waals surface area (Å²) >= 11 is 0. The van der Waals surface area contributed by atoms with Crippen molar-refractivity contribution in [1.29, 1.82) is 0 Å². The Hall–Kier alpha value is -3.08. The lowest BCUT2D eigenvalue weighted by molar-refractivity contribution is -0.136. The minimum atomic E-state index is -0.279. The first-order valence-electron chi connectivity index (χ1n) is 8.62. The standard InChI is InChI=1S/C21H22N2O3/c1-4-14-23-20(24)18(16-12-8-9-13-17(16)26-3)19(21(23)25)22(2)15-10-6-5-7-11-15/h5-13H,4,14H2,1-3H3. The molecular weight excluding hydrogens is 328 g/mol. The molecule has 0 unspecified atom stereocenters. The Balaban J connectivity index is 2.20. The summed E-state index contributed by atoms with van der Waals surface area (Å²) in [6, 6.07) is 16.8. The van der Waals surface area contributed by atoms with Gasteiger partial charge in [0.05, 0.1) is 12.7 Å². The predicted molar refractivity (Wildman–Crippen MR) is 102 cm³/mol. The molecule has 0 bridgehead atoms. The third kappa shape index (κ3) is 2.96. The van der Waals surface area contributed by atoms with E-state index < -0.39 is 0 Å². The van der Waals surface area contributed by atoms with Gasteiger partial charge >= 0.3 is 0 Å². The van der Waals surface area contributed by atoms with Crippen LogP contribution in [-0.4, -0.2) is 37.4 Å². The fourth-order valence-corrected chi connectivity index (χ4v) is 3.18. The zero-order valence-corrected chi connectivity index (χ0v) is 15.2. The van der Waals surface area contributed by atoms with Gasteiger partial charge in [-0.05, 0) is 24.6 Å². The quantitative estimate of drug-likeness (QED) is 0.750. The van der Waals surface area contributed by atoms with E-state index in [0.717, 1.165) is 5.69 Å². The van der Waals surface area contributed by atoms with Gasteiger partial charge in [-0.2, -0.15) is 0 Å². The number of methoxy groups -OCH3 is 1. The van der Waals surface area contributed by atoms with Crippen molar-refractivity contribution in [2.75, 3.05) is 25.6 Å². The number of benzene rings is 2. The lowest BCUT2D eigenvalue weighted by Crippen LogP contribution is -2.34. The van der Waals surface area contributed by atoms with Crippen molar-refractivity contribution < 1.29 is 14.3 Å². The molecule has 1 aliphatic heterocycles. The fourth-order valence-electron chi connectivity index (χ4n) is 3.18. The highest BCUT2D eigenvalue weighted by Gasteiger charge is 2.41. The molecule has 26 heavy (non-hydrogen) atoms. The number of imide groups is 1. The lowest BCUT2D eigenvalue weighted by Gasteiger charge is -2.21. The summed E-state index contributed by atoms with van der Waals surface area (Å²) in [5.74, 6) is 0.0178. The lowest BCUT2D eigenvalue weighted by atomic mass is 10.0. The molecule has 1 aliphatic rings. The molecule has 134 valence electrons. The summed E-state index contributed by atoms with van der Waals surface area (Å²) in [6.07, 6.45) is 0.707. The molecule has 0 radical (unpaired) electrons. The zero-order valence-electron chi connectivity index (χ0n) is 15.2. The van der Waals surface area contributed by atoms with E-state index in [0.29, 0.717) is 35.5 Å². The molecule has 0 saturated carbocycles. The Morgan fingerprint density at radius 1 is 0.962 bits per heavy atom. The van der Waals surface area contributed by atoms with Crippen molar-refractivity contribution in [3.8, 4) is 5.75 Å². The van der Waals surface area contributed by atoms with Crippen LogP contribution in [0, 0.1) is 0 Å². The number of amides is 2. The van der Waals surface area contributed by atoms with Crippen LogP contribution in [0.4, 0.5) is 5.69 Å². The van der Waals surface area contributed by atoms with Crippen molar-refractivity contribution >= 4 is 23.1 Å². The van der Waals surface area contributed by atoms with Crippen molar-refractivity contribution in [2.45, 2.75) is 13.3 Å². The summed E-state index contributed by atoms with van der Waals surface area (Å²) in [5.41, 5.74) is 2.23. The van der Waals surface area contributed by atoms with Gasteiger partial charge in [-0.15, -0.1) is 0 Å². The summed E-state index contributed by atoms with van der Waals surface area (Å²) in [6.45, 7) is 2.34. The highest BCUT2D eigenvalue weighted by atomic mass is 16.5. The Morgan fingerprint density at radius 3 is 2.27 bits per heavy atom. The van der Waals surface area contributed by atoms with Crippen LogP contribution >= 0.6 is 0 Å². The number of anilines is 1. The van der Waals surface area contributed by atoms with Crippen molar-refractivity contribution in [2.24, 2.45) is 0 Å². The third-order valence-corrected chi connectivity index (χ3v) is 4.45. The first-order valence-corrected chi connectivity index (χ1v) is 8.62. The van der Waals surface area contributed by atoms with E-state index >= 15 is 0 Å². The molecule has 0 aliphatic carbocycles. The average Bonchev–Trinajstić information content (AvgIpc) is 2.93. The van der Waals surface area contributed by atoms with Crippen molar-refractivity contribution in [3.63, 3.8) is 0 Å². The molecule has 0 saturated heterocycles. The predicted octanol–water partition coefficient (Wildman–Crippen LogP) is 3.32. The number of carbonyl (C=O) groups excluding carboxylic acids is 2.